The number of rotatable bonds is 3. The Hall–Kier alpha value is -2.11. The van der Waals surface area contributed by atoms with Crippen LogP contribution in [-0.2, 0) is 6.54 Å². The minimum absolute atomic E-state index is 0.197. The van der Waals surface area contributed by atoms with Crippen molar-refractivity contribution in [2.45, 2.75) is 20.4 Å². The van der Waals surface area contributed by atoms with Crippen molar-refractivity contribution in [1.29, 1.82) is 0 Å². The van der Waals surface area contributed by atoms with Crippen LogP contribution in [-0.4, -0.2) is 5.91 Å². The molecule has 0 spiro atoms. The van der Waals surface area contributed by atoms with Gasteiger partial charge in [0.25, 0.3) is 5.91 Å². The molecule has 0 atom stereocenters. The van der Waals surface area contributed by atoms with Crippen LogP contribution in [0.25, 0.3) is 11.0 Å². The van der Waals surface area contributed by atoms with Crippen molar-refractivity contribution in [3.8, 4) is 0 Å². The smallest absolute Gasteiger partial charge is 0.336 e. The Morgan fingerprint density at radius 2 is 1.96 bits per heavy atom. The Labute approximate surface area is 157 Å². The van der Waals surface area contributed by atoms with Gasteiger partial charge in [0.1, 0.15) is 5.58 Å². The number of fused-ring (bicyclic) bond motifs is 1. The molecule has 1 amide bonds. The summed E-state index contributed by atoms with van der Waals surface area (Å²) >= 11 is 9.69. The van der Waals surface area contributed by atoms with Gasteiger partial charge in [0.15, 0.2) is 0 Å². The molecule has 0 aliphatic carbocycles. The summed E-state index contributed by atoms with van der Waals surface area (Å²) in [5.41, 5.74) is 2.87. The van der Waals surface area contributed by atoms with Crippen molar-refractivity contribution in [2.75, 3.05) is 0 Å². The number of carbonyl (C=O) groups excluding carboxylic acids is 1. The molecule has 3 aromatic rings. The van der Waals surface area contributed by atoms with E-state index in [1.54, 1.807) is 24.3 Å². The van der Waals surface area contributed by atoms with E-state index in [4.69, 9.17) is 16.0 Å². The molecule has 0 saturated carbocycles. The molecule has 2 aromatic carbocycles. The van der Waals surface area contributed by atoms with Crippen LogP contribution in [0.1, 0.15) is 27.0 Å². The lowest BCUT2D eigenvalue weighted by molar-refractivity contribution is 0.0950. The summed E-state index contributed by atoms with van der Waals surface area (Å²) in [7, 11) is 0. The molecule has 3 rings (SSSR count). The summed E-state index contributed by atoms with van der Waals surface area (Å²) in [6.45, 7) is 3.93. The minimum Gasteiger partial charge on any atom is -0.423 e. The maximum atomic E-state index is 12.4. The van der Waals surface area contributed by atoms with E-state index in [1.165, 1.54) is 6.07 Å². The Kier molecular flexibility index (Phi) is 4.97. The number of nitrogens with one attached hydrogen (secondary N) is 1. The standard InChI is InChI=1S/C19H15BrClNO3/c1-10-7-15-17(11(2)18(10)21)12(8-16(23)25-15)9-22-19(24)13-5-3-4-6-14(13)20/h3-8H,9H2,1-2H3,(H,22,24). The molecule has 0 aliphatic rings. The van der Waals surface area contributed by atoms with E-state index >= 15 is 0 Å². The molecule has 0 saturated heterocycles. The zero-order chi connectivity index (χ0) is 18.1. The Morgan fingerprint density at radius 3 is 2.68 bits per heavy atom. The third-order valence-electron chi connectivity index (χ3n) is 4.03. The molecule has 128 valence electrons. The maximum Gasteiger partial charge on any atom is 0.336 e. The van der Waals surface area contributed by atoms with E-state index in [-0.39, 0.29) is 12.5 Å². The third-order valence-corrected chi connectivity index (χ3v) is 5.30. The van der Waals surface area contributed by atoms with Gasteiger partial charge < -0.3 is 9.73 Å². The van der Waals surface area contributed by atoms with Crippen molar-refractivity contribution in [2.24, 2.45) is 0 Å². The van der Waals surface area contributed by atoms with Gasteiger partial charge in [0.05, 0.1) is 5.56 Å². The number of hydrogen-bond acceptors (Lipinski definition) is 3. The Bertz CT molecular complexity index is 1040. The molecular weight excluding hydrogens is 406 g/mol. The monoisotopic (exact) mass is 419 g/mol. The van der Waals surface area contributed by atoms with Crippen molar-refractivity contribution in [3.05, 3.63) is 78.6 Å². The fourth-order valence-corrected chi connectivity index (χ4v) is 3.42. The molecule has 1 aromatic heterocycles. The lowest BCUT2D eigenvalue weighted by Gasteiger charge is -2.12. The van der Waals surface area contributed by atoms with Crippen LogP contribution in [0.15, 0.2) is 50.1 Å². The number of hydrogen-bond donors (Lipinski definition) is 1. The van der Waals surface area contributed by atoms with Crippen LogP contribution in [0.4, 0.5) is 0 Å². The number of halogens is 2. The van der Waals surface area contributed by atoms with E-state index < -0.39 is 5.63 Å². The maximum absolute atomic E-state index is 12.4. The molecular formula is C19H15BrClNO3. The number of benzene rings is 2. The lowest BCUT2D eigenvalue weighted by atomic mass is 10.0. The Morgan fingerprint density at radius 1 is 1.24 bits per heavy atom. The van der Waals surface area contributed by atoms with Crippen LogP contribution >= 0.6 is 27.5 Å². The molecule has 0 radical (unpaired) electrons. The first kappa shape index (κ1) is 17.7. The zero-order valence-corrected chi connectivity index (χ0v) is 16.0. The van der Waals surface area contributed by atoms with E-state index in [0.29, 0.717) is 26.2 Å². The van der Waals surface area contributed by atoms with Crippen LogP contribution in [0.3, 0.4) is 0 Å². The predicted octanol–water partition coefficient (Wildman–Crippen LogP) is 4.76. The van der Waals surface area contributed by atoms with E-state index in [0.717, 1.165) is 16.5 Å². The van der Waals surface area contributed by atoms with Crippen LogP contribution in [0.5, 0.6) is 0 Å². The summed E-state index contributed by atoms with van der Waals surface area (Å²) in [4.78, 5) is 24.3. The molecule has 25 heavy (non-hydrogen) atoms. The first-order valence-corrected chi connectivity index (χ1v) is 8.80. The molecule has 6 heteroatoms. The van der Waals surface area contributed by atoms with Crippen molar-refractivity contribution >= 4 is 44.4 Å². The topological polar surface area (TPSA) is 59.3 Å². The highest BCUT2D eigenvalue weighted by molar-refractivity contribution is 9.10. The summed E-state index contributed by atoms with van der Waals surface area (Å²) in [6, 6.07) is 10.3. The second-order valence-electron chi connectivity index (χ2n) is 5.76. The van der Waals surface area contributed by atoms with Gasteiger partial charge in [-0.3, -0.25) is 4.79 Å². The van der Waals surface area contributed by atoms with Gasteiger partial charge in [-0.05, 0) is 64.7 Å². The summed E-state index contributed by atoms with van der Waals surface area (Å²) in [5.74, 6) is -0.232. The van der Waals surface area contributed by atoms with Gasteiger partial charge >= 0.3 is 5.63 Å². The molecule has 0 fully saturated rings. The number of amides is 1. The second kappa shape index (κ2) is 7.02. The van der Waals surface area contributed by atoms with Gasteiger partial charge in [-0.15, -0.1) is 0 Å². The Balaban J connectivity index is 1.99. The SMILES string of the molecule is Cc1cc2oc(=O)cc(CNC(=O)c3ccccc3Br)c2c(C)c1Cl. The number of carbonyl (C=O) groups is 1. The van der Waals surface area contributed by atoms with Gasteiger partial charge in [-0.25, -0.2) is 4.79 Å². The van der Waals surface area contributed by atoms with Crippen molar-refractivity contribution in [1.82, 2.24) is 5.32 Å². The van der Waals surface area contributed by atoms with Gasteiger partial charge in [-0.1, -0.05) is 23.7 Å². The summed E-state index contributed by atoms with van der Waals surface area (Å²) in [5, 5.41) is 4.22. The molecule has 0 unspecified atom stereocenters. The summed E-state index contributed by atoms with van der Waals surface area (Å²) < 4.78 is 6.00. The first-order chi connectivity index (χ1) is 11.9. The molecule has 1 heterocycles. The van der Waals surface area contributed by atoms with Crippen LogP contribution in [0, 0.1) is 13.8 Å². The van der Waals surface area contributed by atoms with Gasteiger partial charge in [-0.2, -0.15) is 0 Å². The van der Waals surface area contributed by atoms with E-state index in [2.05, 4.69) is 21.2 Å². The summed E-state index contributed by atoms with van der Waals surface area (Å²) in [6.07, 6.45) is 0. The van der Waals surface area contributed by atoms with Crippen LogP contribution < -0.4 is 10.9 Å². The highest BCUT2D eigenvalue weighted by Gasteiger charge is 2.15. The molecule has 4 nitrogen and oxygen atoms in total. The molecule has 0 aliphatic heterocycles. The fraction of sp³-hybridized carbons (Fsp3) is 0.158. The predicted molar refractivity (Wildman–Crippen MR) is 102 cm³/mol. The van der Waals surface area contributed by atoms with Crippen molar-refractivity contribution < 1.29 is 9.21 Å². The first-order valence-electron chi connectivity index (χ1n) is 7.63. The lowest BCUT2D eigenvalue weighted by Crippen LogP contribution is -2.24. The van der Waals surface area contributed by atoms with Gasteiger partial charge in [0, 0.05) is 27.5 Å². The van der Waals surface area contributed by atoms with E-state index in [9.17, 15) is 9.59 Å². The largest absolute Gasteiger partial charge is 0.423 e. The van der Waals surface area contributed by atoms with Crippen molar-refractivity contribution in [3.63, 3.8) is 0 Å². The fourth-order valence-electron chi connectivity index (χ4n) is 2.81. The van der Waals surface area contributed by atoms with Gasteiger partial charge in [0.2, 0.25) is 0 Å². The average molecular weight is 421 g/mol. The normalized spacial score (nSPS) is 10.9. The second-order valence-corrected chi connectivity index (χ2v) is 6.99. The quantitative estimate of drug-likeness (QED) is 0.622. The van der Waals surface area contributed by atoms with E-state index in [1.807, 2.05) is 19.9 Å². The molecule has 0 bridgehead atoms. The third kappa shape index (κ3) is 3.48. The highest BCUT2D eigenvalue weighted by Crippen LogP contribution is 2.30. The number of aryl methyl sites for hydroxylation is 2. The average Bonchev–Trinajstić information content (AvgIpc) is 2.57. The molecule has 1 N–H and O–H groups in total. The minimum atomic E-state index is -0.459. The zero-order valence-electron chi connectivity index (χ0n) is 13.7. The highest BCUT2D eigenvalue weighted by atomic mass is 79.9. The van der Waals surface area contributed by atoms with Crippen LogP contribution in [0.2, 0.25) is 5.02 Å².